The molecule has 0 aliphatic heterocycles. The van der Waals surface area contributed by atoms with Crippen molar-refractivity contribution in [1.29, 1.82) is 0 Å². The van der Waals surface area contributed by atoms with Crippen LogP contribution >= 0.6 is 0 Å². The maximum atomic E-state index is 12.8. The standard InChI is InChI=1S/C32H48N2O4/c1-2-3-4-5-6-7-8-9-10-11-12-13-14-15-16-17-26-34(32(33)37)31(36)27-18-22-29(23-19-27)38-30-24-20-28(35)21-25-30/h18-25,35H,2-17,26H2,1H3,(H2,33,37). The number of amides is 3. The minimum Gasteiger partial charge on any atom is -0.508 e. The first-order valence-electron chi connectivity index (χ1n) is 14.7. The third-order valence-electron chi connectivity index (χ3n) is 6.92. The molecule has 2 aromatic rings. The Bertz CT molecular complexity index is 912. The Balaban J connectivity index is 1.56. The number of rotatable bonds is 20. The lowest BCUT2D eigenvalue weighted by Gasteiger charge is -2.18. The van der Waals surface area contributed by atoms with Crippen LogP contribution in [0.3, 0.4) is 0 Å². The minimum atomic E-state index is -0.722. The molecule has 3 N–H and O–H groups in total. The number of carbonyl (C=O) groups is 2. The number of hydrogen-bond donors (Lipinski definition) is 2. The molecular weight excluding hydrogens is 476 g/mol. The Hall–Kier alpha value is -3.02. The van der Waals surface area contributed by atoms with Gasteiger partial charge in [-0.25, -0.2) is 4.79 Å². The molecule has 0 fully saturated rings. The molecule has 0 atom stereocenters. The number of aromatic hydroxyl groups is 1. The van der Waals surface area contributed by atoms with Crippen LogP contribution < -0.4 is 10.5 Å². The quantitative estimate of drug-likeness (QED) is 0.169. The van der Waals surface area contributed by atoms with Gasteiger partial charge in [-0.2, -0.15) is 0 Å². The van der Waals surface area contributed by atoms with Gasteiger partial charge in [0.15, 0.2) is 0 Å². The number of urea groups is 1. The highest BCUT2D eigenvalue weighted by Crippen LogP contribution is 2.24. The van der Waals surface area contributed by atoms with E-state index in [9.17, 15) is 14.7 Å². The molecule has 0 aromatic heterocycles. The van der Waals surface area contributed by atoms with Crippen LogP contribution in [-0.4, -0.2) is 28.5 Å². The molecule has 0 bridgehead atoms. The number of ether oxygens (including phenoxy) is 1. The number of benzene rings is 2. The fourth-order valence-corrected chi connectivity index (χ4v) is 4.60. The highest BCUT2D eigenvalue weighted by molar-refractivity contribution is 6.03. The molecular formula is C32H48N2O4. The van der Waals surface area contributed by atoms with Gasteiger partial charge in [-0.15, -0.1) is 0 Å². The summed E-state index contributed by atoms with van der Waals surface area (Å²) < 4.78 is 5.71. The van der Waals surface area contributed by atoms with E-state index >= 15 is 0 Å². The Labute approximate surface area is 229 Å². The van der Waals surface area contributed by atoms with Gasteiger partial charge in [0.2, 0.25) is 0 Å². The first-order valence-corrected chi connectivity index (χ1v) is 14.7. The summed E-state index contributed by atoms with van der Waals surface area (Å²) in [6.45, 7) is 2.60. The second-order valence-corrected chi connectivity index (χ2v) is 10.2. The summed E-state index contributed by atoms with van der Waals surface area (Å²) in [4.78, 5) is 25.9. The third-order valence-corrected chi connectivity index (χ3v) is 6.92. The molecule has 2 rings (SSSR count). The highest BCUT2D eigenvalue weighted by atomic mass is 16.5. The van der Waals surface area contributed by atoms with Crippen LogP contribution in [0.4, 0.5) is 4.79 Å². The van der Waals surface area contributed by atoms with E-state index in [0.717, 1.165) is 24.2 Å². The van der Waals surface area contributed by atoms with E-state index in [-0.39, 0.29) is 5.75 Å². The van der Waals surface area contributed by atoms with Gasteiger partial charge in [0.1, 0.15) is 17.2 Å². The van der Waals surface area contributed by atoms with Crippen molar-refractivity contribution in [2.24, 2.45) is 5.73 Å². The Morgan fingerprint density at radius 2 is 1.05 bits per heavy atom. The molecule has 0 saturated heterocycles. The van der Waals surface area contributed by atoms with Crippen LogP contribution in [0.2, 0.25) is 0 Å². The number of carbonyl (C=O) groups excluding carboxylic acids is 2. The van der Waals surface area contributed by atoms with Crippen molar-refractivity contribution >= 4 is 11.9 Å². The van der Waals surface area contributed by atoms with E-state index in [1.54, 1.807) is 36.4 Å². The second kappa shape index (κ2) is 19.1. The van der Waals surface area contributed by atoms with Crippen molar-refractivity contribution in [3.8, 4) is 17.2 Å². The van der Waals surface area contributed by atoms with E-state index < -0.39 is 11.9 Å². The zero-order valence-electron chi connectivity index (χ0n) is 23.3. The lowest BCUT2D eigenvalue weighted by atomic mass is 10.0. The van der Waals surface area contributed by atoms with Gasteiger partial charge in [0.25, 0.3) is 5.91 Å². The molecule has 3 amide bonds. The summed E-state index contributed by atoms with van der Waals surface area (Å²) in [5.74, 6) is 0.892. The van der Waals surface area contributed by atoms with Crippen LogP contribution in [0.1, 0.15) is 120 Å². The number of hydrogen-bond acceptors (Lipinski definition) is 4. The molecule has 0 radical (unpaired) electrons. The average molecular weight is 525 g/mol. The minimum absolute atomic E-state index is 0.161. The highest BCUT2D eigenvalue weighted by Gasteiger charge is 2.20. The molecule has 210 valence electrons. The van der Waals surface area contributed by atoms with E-state index in [2.05, 4.69) is 6.92 Å². The van der Waals surface area contributed by atoms with E-state index in [4.69, 9.17) is 10.5 Å². The Morgan fingerprint density at radius 1 is 0.658 bits per heavy atom. The van der Waals surface area contributed by atoms with Crippen molar-refractivity contribution in [3.63, 3.8) is 0 Å². The SMILES string of the molecule is CCCCCCCCCCCCCCCCCCN(C(N)=O)C(=O)c1ccc(Oc2ccc(O)cc2)cc1. The first kappa shape index (κ1) is 31.2. The van der Waals surface area contributed by atoms with E-state index in [1.165, 1.54) is 95.6 Å². The fraction of sp³-hybridized carbons (Fsp3) is 0.562. The molecule has 0 aliphatic carbocycles. The maximum absolute atomic E-state index is 12.8. The average Bonchev–Trinajstić information content (AvgIpc) is 2.91. The summed E-state index contributed by atoms with van der Waals surface area (Å²) in [6.07, 6.45) is 20.4. The van der Waals surface area contributed by atoms with Crippen molar-refractivity contribution in [1.82, 2.24) is 4.90 Å². The summed E-state index contributed by atoms with van der Waals surface area (Å²) in [5.41, 5.74) is 5.89. The molecule has 2 aromatic carbocycles. The van der Waals surface area contributed by atoms with E-state index in [0.29, 0.717) is 23.6 Å². The number of primary amides is 1. The molecule has 0 spiro atoms. The molecule has 38 heavy (non-hydrogen) atoms. The third kappa shape index (κ3) is 13.0. The van der Waals surface area contributed by atoms with Gasteiger partial charge in [-0.3, -0.25) is 9.69 Å². The predicted molar refractivity (Wildman–Crippen MR) is 155 cm³/mol. The van der Waals surface area contributed by atoms with Gasteiger partial charge in [-0.05, 0) is 55.0 Å². The molecule has 0 unspecified atom stereocenters. The number of phenolic OH excluding ortho intramolecular Hbond substituents is 1. The number of nitrogens with two attached hydrogens (primary N) is 1. The first-order chi connectivity index (χ1) is 18.5. The lowest BCUT2D eigenvalue weighted by molar-refractivity contribution is 0.0805. The molecule has 0 saturated carbocycles. The molecule has 0 aliphatic rings. The number of phenols is 1. The van der Waals surface area contributed by atoms with Crippen LogP contribution in [0.5, 0.6) is 17.2 Å². The predicted octanol–water partition coefficient (Wildman–Crippen LogP) is 8.97. The van der Waals surface area contributed by atoms with Crippen molar-refractivity contribution in [2.75, 3.05) is 6.54 Å². The molecule has 0 heterocycles. The normalized spacial score (nSPS) is 10.9. The smallest absolute Gasteiger partial charge is 0.321 e. The summed E-state index contributed by atoms with van der Waals surface area (Å²) >= 11 is 0. The van der Waals surface area contributed by atoms with Crippen LogP contribution in [0.25, 0.3) is 0 Å². The molecule has 6 heteroatoms. The van der Waals surface area contributed by atoms with Gasteiger partial charge < -0.3 is 15.6 Å². The topological polar surface area (TPSA) is 92.9 Å². The maximum Gasteiger partial charge on any atom is 0.321 e. The fourth-order valence-electron chi connectivity index (χ4n) is 4.60. The summed E-state index contributed by atoms with van der Waals surface area (Å²) in [5, 5.41) is 9.37. The second-order valence-electron chi connectivity index (χ2n) is 10.2. The summed E-state index contributed by atoms with van der Waals surface area (Å²) in [7, 11) is 0. The number of nitrogens with zero attached hydrogens (tertiary/aromatic N) is 1. The van der Waals surface area contributed by atoms with Crippen molar-refractivity contribution in [2.45, 2.75) is 110 Å². The molecule has 6 nitrogen and oxygen atoms in total. The van der Waals surface area contributed by atoms with Crippen molar-refractivity contribution < 1.29 is 19.4 Å². The zero-order valence-corrected chi connectivity index (χ0v) is 23.3. The lowest BCUT2D eigenvalue weighted by Crippen LogP contribution is -2.41. The zero-order chi connectivity index (χ0) is 27.4. The Kier molecular flexibility index (Phi) is 15.7. The van der Waals surface area contributed by atoms with Crippen LogP contribution in [0.15, 0.2) is 48.5 Å². The summed E-state index contributed by atoms with van der Waals surface area (Å²) in [6, 6.07) is 12.3. The van der Waals surface area contributed by atoms with Gasteiger partial charge in [-0.1, -0.05) is 103 Å². The number of imide groups is 1. The van der Waals surface area contributed by atoms with Gasteiger partial charge in [0.05, 0.1) is 0 Å². The van der Waals surface area contributed by atoms with Crippen LogP contribution in [0, 0.1) is 0 Å². The van der Waals surface area contributed by atoms with Gasteiger partial charge >= 0.3 is 6.03 Å². The van der Waals surface area contributed by atoms with E-state index in [1.807, 2.05) is 0 Å². The Morgan fingerprint density at radius 3 is 1.47 bits per heavy atom. The monoisotopic (exact) mass is 524 g/mol. The largest absolute Gasteiger partial charge is 0.508 e. The van der Waals surface area contributed by atoms with Gasteiger partial charge in [0, 0.05) is 12.1 Å². The van der Waals surface area contributed by atoms with Crippen LogP contribution in [-0.2, 0) is 0 Å². The van der Waals surface area contributed by atoms with Crippen molar-refractivity contribution in [3.05, 3.63) is 54.1 Å². The number of unbranched alkanes of at least 4 members (excludes halogenated alkanes) is 15.